The third kappa shape index (κ3) is 3.58. The van der Waals surface area contributed by atoms with E-state index in [2.05, 4.69) is 43.4 Å². The summed E-state index contributed by atoms with van der Waals surface area (Å²) in [6.45, 7) is 10.5. The fourth-order valence-corrected chi connectivity index (χ4v) is 3.65. The number of rotatable bonds is 2. The van der Waals surface area contributed by atoms with Gasteiger partial charge in [-0.05, 0) is 47.5 Å². The number of amides is 1. The molecule has 0 saturated carbocycles. The number of piperidine rings is 1. The van der Waals surface area contributed by atoms with Gasteiger partial charge in [0.1, 0.15) is 0 Å². The van der Waals surface area contributed by atoms with E-state index in [1.807, 2.05) is 6.92 Å². The van der Waals surface area contributed by atoms with E-state index in [9.17, 15) is 4.79 Å². The average Bonchev–Trinajstić information content (AvgIpc) is 2.52. The van der Waals surface area contributed by atoms with Crippen molar-refractivity contribution in [3.8, 4) is 0 Å². The van der Waals surface area contributed by atoms with Crippen molar-refractivity contribution in [3.05, 3.63) is 16.4 Å². The molecule has 1 saturated heterocycles. The minimum absolute atomic E-state index is 0.0104. The van der Waals surface area contributed by atoms with Crippen LogP contribution in [0.3, 0.4) is 0 Å². The molecular weight excluding hydrogens is 288 g/mol. The van der Waals surface area contributed by atoms with Crippen LogP contribution in [0.4, 0.5) is 0 Å². The second kappa shape index (κ2) is 5.29. The zero-order chi connectivity index (χ0) is 16.0. The van der Waals surface area contributed by atoms with Crippen LogP contribution in [-0.2, 0) is 7.05 Å². The van der Waals surface area contributed by atoms with Gasteiger partial charge in [-0.25, -0.2) is 0 Å². The van der Waals surface area contributed by atoms with E-state index in [0.29, 0.717) is 10.7 Å². The fraction of sp³-hybridized carbons (Fsp3) is 0.733. The molecule has 1 aromatic rings. The number of aryl methyl sites for hydroxylation is 1. The summed E-state index contributed by atoms with van der Waals surface area (Å²) in [6.07, 6.45) is 1.76. The number of nitrogens with one attached hydrogen (secondary N) is 2. The van der Waals surface area contributed by atoms with E-state index in [0.717, 1.165) is 18.5 Å². The number of hydrogen-bond acceptors (Lipinski definition) is 3. The van der Waals surface area contributed by atoms with Crippen molar-refractivity contribution in [2.75, 3.05) is 0 Å². The Morgan fingerprint density at radius 1 is 1.33 bits per heavy atom. The summed E-state index contributed by atoms with van der Waals surface area (Å²) in [5, 5.41) is 11.3. The first kappa shape index (κ1) is 16.3. The molecule has 2 N–H and O–H groups in total. The van der Waals surface area contributed by atoms with Gasteiger partial charge in [-0.3, -0.25) is 9.48 Å². The smallest absolute Gasteiger partial charge is 0.273 e. The van der Waals surface area contributed by atoms with Crippen molar-refractivity contribution in [1.82, 2.24) is 20.4 Å². The summed E-state index contributed by atoms with van der Waals surface area (Å²) in [4.78, 5) is 12.4. The summed E-state index contributed by atoms with van der Waals surface area (Å²) in [7, 11) is 1.79. The third-order valence-corrected chi connectivity index (χ3v) is 4.45. The molecule has 1 fully saturated rings. The van der Waals surface area contributed by atoms with Crippen LogP contribution in [0.5, 0.6) is 0 Å². The highest BCUT2D eigenvalue weighted by molar-refractivity contribution is 6.34. The van der Waals surface area contributed by atoms with Crippen molar-refractivity contribution >= 4 is 17.5 Å². The van der Waals surface area contributed by atoms with Gasteiger partial charge in [0.25, 0.3) is 5.91 Å². The largest absolute Gasteiger partial charge is 0.348 e. The van der Waals surface area contributed by atoms with E-state index in [-0.39, 0.29) is 23.0 Å². The molecule has 1 aliphatic rings. The molecule has 118 valence electrons. The minimum Gasteiger partial charge on any atom is -0.348 e. The highest BCUT2D eigenvalue weighted by Gasteiger charge is 2.38. The monoisotopic (exact) mass is 312 g/mol. The molecule has 1 amide bonds. The van der Waals surface area contributed by atoms with E-state index in [4.69, 9.17) is 11.6 Å². The van der Waals surface area contributed by atoms with Gasteiger partial charge in [-0.1, -0.05) is 11.6 Å². The van der Waals surface area contributed by atoms with Crippen LogP contribution in [0.2, 0.25) is 5.02 Å². The van der Waals surface area contributed by atoms with E-state index in [1.165, 1.54) is 0 Å². The Kier molecular flexibility index (Phi) is 4.10. The molecule has 1 aliphatic heterocycles. The second-order valence-electron chi connectivity index (χ2n) is 7.34. The van der Waals surface area contributed by atoms with Gasteiger partial charge in [0, 0.05) is 24.2 Å². The molecule has 2 rings (SSSR count). The molecule has 21 heavy (non-hydrogen) atoms. The molecule has 1 aromatic heterocycles. The predicted octanol–water partition coefficient (Wildman–Crippen LogP) is 2.42. The lowest BCUT2D eigenvalue weighted by molar-refractivity contribution is 0.0867. The lowest BCUT2D eigenvalue weighted by atomic mass is 9.79. The van der Waals surface area contributed by atoms with E-state index < -0.39 is 0 Å². The van der Waals surface area contributed by atoms with Gasteiger partial charge in [-0.15, -0.1) is 0 Å². The molecule has 0 radical (unpaired) electrons. The van der Waals surface area contributed by atoms with Gasteiger partial charge >= 0.3 is 0 Å². The summed E-state index contributed by atoms with van der Waals surface area (Å²) >= 11 is 6.18. The van der Waals surface area contributed by atoms with Crippen LogP contribution in [-0.4, -0.2) is 32.8 Å². The molecule has 2 heterocycles. The topological polar surface area (TPSA) is 59.0 Å². The van der Waals surface area contributed by atoms with Gasteiger partial charge in [0.2, 0.25) is 0 Å². The molecular formula is C15H25ClN4O. The number of halogens is 1. The first-order valence-electron chi connectivity index (χ1n) is 7.30. The Bertz CT molecular complexity index is 546. The van der Waals surface area contributed by atoms with Crippen LogP contribution >= 0.6 is 11.6 Å². The number of carbonyl (C=O) groups is 1. The second-order valence-corrected chi connectivity index (χ2v) is 7.72. The summed E-state index contributed by atoms with van der Waals surface area (Å²) in [5.41, 5.74) is 1.09. The lowest BCUT2D eigenvalue weighted by Crippen LogP contribution is -2.62. The maximum atomic E-state index is 12.4. The maximum Gasteiger partial charge on any atom is 0.273 e. The summed E-state index contributed by atoms with van der Waals surface area (Å²) < 4.78 is 1.63. The molecule has 0 spiro atoms. The van der Waals surface area contributed by atoms with Crippen molar-refractivity contribution in [3.63, 3.8) is 0 Å². The Morgan fingerprint density at radius 2 is 1.86 bits per heavy atom. The lowest BCUT2D eigenvalue weighted by Gasteiger charge is -2.46. The standard InChI is InChI=1S/C15H25ClN4O/c1-9-11(16)12(18-20(9)6)13(21)17-10-7-14(2,3)19-15(4,5)8-10/h10,19H,7-8H2,1-6H3,(H,17,21). The van der Waals surface area contributed by atoms with Gasteiger partial charge in [-0.2, -0.15) is 5.10 Å². The van der Waals surface area contributed by atoms with Crippen molar-refractivity contribution in [1.29, 1.82) is 0 Å². The van der Waals surface area contributed by atoms with Crippen molar-refractivity contribution < 1.29 is 4.79 Å². The number of nitrogens with zero attached hydrogens (tertiary/aromatic N) is 2. The van der Waals surface area contributed by atoms with Gasteiger partial charge in [0.05, 0.1) is 10.7 Å². The zero-order valence-electron chi connectivity index (χ0n) is 13.7. The normalized spacial score (nSPS) is 21.3. The average molecular weight is 313 g/mol. The number of hydrogen-bond donors (Lipinski definition) is 2. The SMILES string of the molecule is Cc1c(Cl)c(C(=O)NC2CC(C)(C)NC(C)(C)C2)nn1C. The van der Waals surface area contributed by atoms with Gasteiger partial charge < -0.3 is 10.6 Å². The predicted molar refractivity (Wildman–Crippen MR) is 84.7 cm³/mol. The van der Waals surface area contributed by atoms with Gasteiger partial charge in [0.15, 0.2) is 5.69 Å². The minimum atomic E-state index is -0.192. The van der Waals surface area contributed by atoms with Crippen molar-refractivity contribution in [2.24, 2.45) is 7.05 Å². The molecule has 6 heteroatoms. The van der Waals surface area contributed by atoms with Crippen LogP contribution in [0.15, 0.2) is 0 Å². The van der Waals surface area contributed by atoms with Crippen molar-refractivity contribution in [2.45, 2.75) is 64.6 Å². The first-order valence-corrected chi connectivity index (χ1v) is 7.68. The molecule has 0 aliphatic carbocycles. The summed E-state index contributed by atoms with van der Waals surface area (Å²) in [6, 6.07) is 0.113. The Labute approximate surface area is 131 Å². The molecule has 0 aromatic carbocycles. The molecule has 0 bridgehead atoms. The van der Waals surface area contributed by atoms with E-state index in [1.54, 1.807) is 11.7 Å². The number of carbonyl (C=O) groups excluding carboxylic acids is 1. The Balaban J connectivity index is 2.14. The van der Waals surface area contributed by atoms with E-state index >= 15 is 0 Å². The van der Waals surface area contributed by atoms with Crippen LogP contribution in [0, 0.1) is 6.92 Å². The highest BCUT2D eigenvalue weighted by Crippen LogP contribution is 2.29. The van der Waals surface area contributed by atoms with Crippen LogP contribution in [0.1, 0.15) is 56.7 Å². The number of aromatic nitrogens is 2. The zero-order valence-corrected chi connectivity index (χ0v) is 14.4. The van der Waals surface area contributed by atoms with Crippen LogP contribution in [0.25, 0.3) is 0 Å². The quantitative estimate of drug-likeness (QED) is 0.881. The van der Waals surface area contributed by atoms with Crippen LogP contribution < -0.4 is 10.6 Å². The Morgan fingerprint density at radius 3 is 2.29 bits per heavy atom. The Hall–Kier alpha value is -1.07. The first-order chi connectivity index (χ1) is 9.51. The molecule has 0 atom stereocenters. The highest BCUT2D eigenvalue weighted by atomic mass is 35.5. The third-order valence-electron chi connectivity index (χ3n) is 4.00. The molecule has 5 nitrogen and oxygen atoms in total. The fourth-order valence-electron chi connectivity index (χ4n) is 3.41. The molecule has 0 unspecified atom stereocenters. The maximum absolute atomic E-state index is 12.4. The summed E-state index contributed by atoms with van der Waals surface area (Å²) in [5.74, 6) is -0.192.